The number of nitrogens with zero attached hydrogens (tertiary/aromatic N) is 1. The third-order valence-corrected chi connectivity index (χ3v) is 5.51. The first-order chi connectivity index (χ1) is 10.5. The van der Waals surface area contributed by atoms with E-state index in [9.17, 15) is 8.42 Å². The first-order valence-corrected chi connectivity index (χ1v) is 9.22. The third kappa shape index (κ3) is 4.44. The van der Waals surface area contributed by atoms with E-state index in [1.54, 1.807) is 6.07 Å². The predicted octanol–water partition coefficient (Wildman–Crippen LogP) is 2.33. The summed E-state index contributed by atoms with van der Waals surface area (Å²) in [5.74, 6) is -0.194. The molecule has 1 aromatic heterocycles. The van der Waals surface area contributed by atoms with E-state index in [0.717, 1.165) is 31.1 Å². The van der Waals surface area contributed by atoms with Crippen molar-refractivity contribution >= 4 is 33.4 Å². The number of rotatable bonds is 5. The Morgan fingerprint density at radius 3 is 2.65 bits per heavy atom. The summed E-state index contributed by atoms with van der Waals surface area (Å²) in [5.41, 5.74) is 6.87. The van der Waals surface area contributed by atoms with Crippen LogP contribution in [0.2, 0.25) is 0 Å². The second kappa shape index (κ2) is 7.17. The summed E-state index contributed by atoms with van der Waals surface area (Å²) >= 11 is 0. The van der Waals surface area contributed by atoms with Gasteiger partial charge in [-0.1, -0.05) is 36.6 Å². The van der Waals surface area contributed by atoms with Gasteiger partial charge in [-0.2, -0.15) is 0 Å². The first kappa shape index (κ1) is 18.2. The lowest BCUT2D eigenvalue weighted by atomic mass is 9.83. The summed E-state index contributed by atoms with van der Waals surface area (Å²) in [7, 11) is -3.49. The number of sulfonamides is 1. The van der Waals surface area contributed by atoms with Gasteiger partial charge in [0.25, 0.3) is 0 Å². The number of hydrogen-bond acceptors (Lipinski definition) is 5. The Labute approximate surface area is 142 Å². The maximum atomic E-state index is 12.3. The van der Waals surface area contributed by atoms with Gasteiger partial charge in [-0.15, -0.1) is 12.4 Å². The number of hydrogen-bond donors (Lipinski definition) is 2. The predicted molar refractivity (Wildman–Crippen MR) is 91.9 cm³/mol. The number of nitrogens with two attached hydrogens (primary N) is 1. The van der Waals surface area contributed by atoms with Crippen LogP contribution in [0.4, 0.5) is 0 Å². The van der Waals surface area contributed by atoms with Gasteiger partial charge in [-0.05, 0) is 25.0 Å². The largest absolute Gasteiger partial charge is 0.356 e. The minimum absolute atomic E-state index is 0. The van der Waals surface area contributed by atoms with Crippen molar-refractivity contribution in [2.24, 2.45) is 5.73 Å². The molecule has 128 valence electrons. The molecule has 8 heteroatoms. The number of aromatic nitrogens is 1. The van der Waals surface area contributed by atoms with Crippen molar-refractivity contribution in [1.29, 1.82) is 0 Å². The van der Waals surface area contributed by atoms with Crippen LogP contribution in [0.15, 0.2) is 28.8 Å². The smallest absolute Gasteiger partial charge is 0.217 e. The van der Waals surface area contributed by atoms with E-state index in [-0.39, 0.29) is 24.7 Å². The van der Waals surface area contributed by atoms with E-state index in [2.05, 4.69) is 9.88 Å². The van der Waals surface area contributed by atoms with Crippen LogP contribution in [0.5, 0.6) is 0 Å². The number of nitrogens with one attached hydrogen (secondary N) is 1. The quantitative estimate of drug-likeness (QED) is 0.853. The molecule has 6 nitrogen and oxygen atoms in total. The van der Waals surface area contributed by atoms with Gasteiger partial charge in [0.1, 0.15) is 11.4 Å². The second-order valence-corrected chi connectivity index (χ2v) is 7.94. The molecule has 3 N–H and O–H groups in total. The summed E-state index contributed by atoms with van der Waals surface area (Å²) in [4.78, 5) is 0. The minimum atomic E-state index is -3.49. The molecule has 0 atom stereocenters. The van der Waals surface area contributed by atoms with E-state index < -0.39 is 15.6 Å². The minimum Gasteiger partial charge on any atom is -0.356 e. The molecule has 23 heavy (non-hydrogen) atoms. The van der Waals surface area contributed by atoms with Crippen LogP contribution in [-0.4, -0.2) is 25.7 Å². The zero-order valence-corrected chi connectivity index (χ0v) is 14.5. The SMILES string of the molecule is Cl.NC1(CNS(=O)(=O)Cc2noc3ccccc23)CCCCC1. The molecule has 0 saturated heterocycles. The number of halogens is 1. The zero-order chi connectivity index (χ0) is 15.6. The standard InChI is InChI=1S/C15H21N3O3S.ClH/c16-15(8-4-1-5-9-15)11-17-22(19,20)10-13-12-6-2-3-7-14(12)21-18-13;/h2-3,6-7,17H,1,4-5,8-11,16H2;1H. The Morgan fingerprint density at radius 2 is 1.91 bits per heavy atom. The van der Waals surface area contributed by atoms with Crippen LogP contribution < -0.4 is 10.5 Å². The molecule has 2 aromatic rings. The molecule has 0 radical (unpaired) electrons. The fourth-order valence-electron chi connectivity index (χ4n) is 2.96. The van der Waals surface area contributed by atoms with Gasteiger partial charge in [-0.3, -0.25) is 0 Å². The van der Waals surface area contributed by atoms with Gasteiger partial charge >= 0.3 is 0 Å². The lowest BCUT2D eigenvalue weighted by Crippen LogP contribution is -2.51. The molecule has 0 unspecified atom stereocenters. The Morgan fingerprint density at radius 1 is 1.22 bits per heavy atom. The molecule has 1 heterocycles. The molecule has 1 aromatic carbocycles. The van der Waals surface area contributed by atoms with Crippen molar-refractivity contribution in [3.63, 3.8) is 0 Å². The van der Waals surface area contributed by atoms with Crippen LogP contribution in [0.25, 0.3) is 11.0 Å². The maximum Gasteiger partial charge on any atom is 0.217 e. The van der Waals surface area contributed by atoms with Crippen LogP contribution >= 0.6 is 12.4 Å². The molecule has 3 rings (SSSR count). The average Bonchev–Trinajstić information content (AvgIpc) is 2.89. The third-order valence-electron chi connectivity index (χ3n) is 4.27. The van der Waals surface area contributed by atoms with E-state index >= 15 is 0 Å². The Kier molecular flexibility index (Phi) is 5.67. The van der Waals surface area contributed by atoms with Crippen molar-refractivity contribution in [2.75, 3.05) is 6.54 Å². The summed E-state index contributed by atoms with van der Waals surface area (Å²) in [6.45, 7) is 0.283. The second-order valence-electron chi connectivity index (χ2n) is 6.13. The Hall–Kier alpha value is -1.15. The van der Waals surface area contributed by atoms with Crippen molar-refractivity contribution < 1.29 is 12.9 Å². The lowest BCUT2D eigenvalue weighted by Gasteiger charge is -2.33. The van der Waals surface area contributed by atoms with Crippen LogP contribution in [0.3, 0.4) is 0 Å². The summed E-state index contributed by atoms with van der Waals surface area (Å²) in [6, 6.07) is 7.23. The molecule has 0 spiro atoms. The number of para-hydroxylation sites is 1. The van der Waals surface area contributed by atoms with Crippen molar-refractivity contribution in [2.45, 2.75) is 43.4 Å². The van der Waals surface area contributed by atoms with Gasteiger partial charge < -0.3 is 10.3 Å². The summed E-state index contributed by atoms with van der Waals surface area (Å²) < 4.78 is 32.3. The van der Waals surface area contributed by atoms with Crippen molar-refractivity contribution in [1.82, 2.24) is 9.88 Å². The van der Waals surface area contributed by atoms with Crippen LogP contribution in [0, 0.1) is 0 Å². The molecular formula is C15H22ClN3O3S. The number of fused-ring (bicyclic) bond motifs is 1. The van der Waals surface area contributed by atoms with Gasteiger partial charge in [0.05, 0.1) is 0 Å². The zero-order valence-electron chi connectivity index (χ0n) is 12.8. The molecule has 0 aliphatic heterocycles. The highest BCUT2D eigenvalue weighted by Crippen LogP contribution is 2.25. The molecule has 1 fully saturated rings. The van der Waals surface area contributed by atoms with Gasteiger partial charge in [0.2, 0.25) is 10.0 Å². The van der Waals surface area contributed by atoms with Gasteiger partial charge in [-0.25, -0.2) is 13.1 Å². The normalized spacial score (nSPS) is 17.8. The first-order valence-electron chi connectivity index (χ1n) is 7.57. The molecule has 1 saturated carbocycles. The monoisotopic (exact) mass is 359 g/mol. The van der Waals surface area contributed by atoms with E-state index in [0.29, 0.717) is 11.3 Å². The summed E-state index contributed by atoms with van der Waals surface area (Å²) in [6.07, 6.45) is 5.03. The highest BCUT2D eigenvalue weighted by molar-refractivity contribution is 7.88. The fraction of sp³-hybridized carbons (Fsp3) is 0.533. The van der Waals surface area contributed by atoms with Gasteiger partial charge in [0, 0.05) is 17.5 Å². The average molecular weight is 360 g/mol. The van der Waals surface area contributed by atoms with E-state index in [1.807, 2.05) is 18.2 Å². The highest BCUT2D eigenvalue weighted by atomic mass is 35.5. The molecule has 1 aliphatic rings. The van der Waals surface area contributed by atoms with Crippen molar-refractivity contribution in [3.8, 4) is 0 Å². The summed E-state index contributed by atoms with van der Waals surface area (Å²) in [5, 5.41) is 4.60. The number of benzene rings is 1. The van der Waals surface area contributed by atoms with Crippen molar-refractivity contribution in [3.05, 3.63) is 30.0 Å². The fourth-order valence-corrected chi connectivity index (χ4v) is 4.14. The molecule has 0 bridgehead atoms. The van der Waals surface area contributed by atoms with E-state index in [4.69, 9.17) is 10.3 Å². The van der Waals surface area contributed by atoms with Gasteiger partial charge in [0.15, 0.2) is 5.58 Å². The molecular weight excluding hydrogens is 338 g/mol. The topological polar surface area (TPSA) is 98.2 Å². The molecule has 1 aliphatic carbocycles. The maximum absolute atomic E-state index is 12.3. The highest BCUT2D eigenvalue weighted by Gasteiger charge is 2.29. The Balaban J connectivity index is 0.00000192. The lowest BCUT2D eigenvalue weighted by molar-refractivity contribution is 0.296. The van der Waals surface area contributed by atoms with E-state index in [1.165, 1.54) is 6.42 Å². The Bertz CT molecular complexity index is 754. The van der Waals surface area contributed by atoms with Crippen LogP contribution in [0.1, 0.15) is 37.8 Å². The molecule has 0 amide bonds. The van der Waals surface area contributed by atoms with Crippen LogP contribution in [-0.2, 0) is 15.8 Å².